The van der Waals surface area contributed by atoms with Crippen molar-refractivity contribution in [3.63, 3.8) is 0 Å². The summed E-state index contributed by atoms with van der Waals surface area (Å²) in [6, 6.07) is 11.5. The molecule has 0 amide bonds. The lowest BCUT2D eigenvalue weighted by molar-refractivity contribution is 0.0591. The molecule has 0 saturated carbocycles. The summed E-state index contributed by atoms with van der Waals surface area (Å²) in [7, 11) is 2.78. The van der Waals surface area contributed by atoms with Crippen molar-refractivity contribution in [3.8, 4) is 0 Å². The minimum absolute atomic E-state index is 0.0887. The number of fused-ring (bicyclic) bond motifs is 3. The molecule has 1 N–H and O–H groups in total. The van der Waals surface area contributed by atoms with Gasteiger partial charge in [-0.05, 0) is 54.2 Å². The first-order chi connectivity index (χ1) is 13.5. The van der Waals surface area contributed by atoms with E-state index >= 15 is 0 Å². The van der Waals surface area contributed by atoms with Crippen LogP contribution < -0.4 is 5.32 Å². The molecule has 4 rings (SSSR count). The summed E-state index contributed by atoms with van der Waals surface area (Å²) < 4.78 is 9.72. The molecule has 0 aromatic heterocycles. The molecule has 3 atom stereocenters. The number of hydrogen-bond donors (Lipinski definition) is 1. The zero-order chi connectivity index (χ0) is 19.8. The highest BCUT2D eigenvalue weighted by atomic mass is 16.5. The van der Waals surface area contributed by atoms with E-state index in [0.29, 0.717) is 23.0 Å². The lowest BCUT2D eigenvalue weighted by Gasteiger charge is -2.38. The van der Waals surface area contributed by atoms with E-state index in [2.05, 4.69) is 17.5 Å². The van der Waals surface area contributed by atoms with Crippen LogP contribution in [0, 0.1) is 12.8 Å². The number of carbonyl (C=O) groups is 2. The third-order valence-corrected chi connectivity index (χ3v) is 5.89. The number of ether oxygens (including phenoxy) is 2. The Hall–Kier alpha value is -3.08. The number of carbonyl (C=O) groups excluding carboxylic acids is 2. The maximum atomic E-state index is 12.1. The molecular weight excluding hydrogens is 354 g/mol. The van der Waals surface area contributed by atoms with E-state index in [9.17, 15) is 9.59 Å². The lowest BCUT2D eigenvalue weighted by atomic mass is 9.76. The second-order valence-corrected chi connectivity index (χ2v) is 7.28. The van der Waals surface area contributed by atoms with Gasteiger partial charge in [0.2, 0.25) is 0 Å². The van der Waals surface area contributed by atoms with Gasteiger partial charge in [-0.25, -0.2) is 9.59 Å². The molecule has 28 heavy (non-hydrogen) atoms. The zero-order valence-electron chi connectivity index (χ0n) is 16.2. The van der Waals surface area contributed by atoms with Gasteiger partial charge < -0.3 is 14.8 Å². The molecule has 1 heterocycles. The largest absolute Gasteiger partial charge is 0.465 e. The van der Waals surface area contributed by atoms with Crippen LogP contribution in [-0.2, 0) is 9.47 Å². The van der Waals surface area contributed by atoms with Gasteiger partial charge in [-0.3, -0.25) is 0 Å². The summed E-state index contributed by atoms with van der Waals surface area (Å²) in [4.78, 5) is 23.9. The molecule has 5 heteroatoms. The molecule has 0 unspecified atom stereocenters. The average molecular weight is 377 g/mol. The molecule has 2 aliphatic rings. The summed E-state index contributed by atoms with van der Waals surface area (Å²) >= 11 is 0. The fraction of sp³-hybridized carbons (Fsp3) is 0.304. The zero-order valence-corrected chi connectivity index (χ0v) is 16.2. The first kappa shape index (κ1) is 18.3. The summed E-state index contributed by atoms with van der Waals surface area (Å²) in [6.45, 7) is 1.95. The number of rotatable bonds is 3. The highest BCUT2D eigenvalue weighted by molar-refractivity contribution is 5.93. The standard InChI is InChI=1S/C23H23NO4/c1-13-16(23(26)28-3)11-12-19-17-5-4-6-18(17)21(24-20(13)19)14-7-9-15(10-8-14)22(25)27-2/h4-5,7-12,17-18,21,24H,6H2,1-3H3/t17-,18-,21-/m0/s1. The van der Waals surface area contributed by atoms with Crippen molar-refractivity contribution in [1.29, 1.82) is 0 Å². The molecular formula is C23H23NO4. The monoisotopic (exact) mass is 377 g/mol. The molecule has 144 valence electrons. The topological polar surface area (TPSA) is 64.6 Å². The van der Waals surface area contributed by atoms with Gasteiger partial charge in [0.25, 0.3) is 0 Å². The van der Waals surface area contributed by atoms with Gasteiger partial charge >= 0.3 is 11.9 Å². The van der Waals surface area contributed by atoms with Gasteiger partial charge in [-0.15, -0.1) is 0 Å². The van der Waals surface area contributed by atoms with E-state index in [1.807, 2.05) is 31.2 Å². The van der Waals surface area contributed by atoms with Crippen molar-refractivity contribution in [2.45, 2.75) is 25.3 Å². The predicted octanol–water partition coefficient (Wildman–Crippen LogP) is 4.39. The Balaban J connectivity index is 1.74. The highest BCUT2D eigenvalue weighted by Gasteiger charge is 2.39. The Kier molecular flexibility index (Phi) is 4.67. The SMILES string of the molecule is COC(=O)c1ccc([C@@H]2Nc3c(ccc(C(=O)OC)c3C)[C@H]3C=CC[C@@H]32)cc1. The highest BCUT2D eigenvalue weighted by Crippen LogP contribution is 2.51. The number of anilines is 1. The Bertz CT molecular complexity index is 961. The van der Waals surface area contributed by atoms with Crippen LogP contribution in [-0.4, -0.2) is 26.2 Å². The molecule has 0 spiro atoms. The number of nitrogens with one attached hydrogen (secondary N) is 1. The number of methoxy groups -OCH3 is 2. The van der Waals surface area contributed by atoms with Gasteiger partial charge in [0, 0.05) is 11.6 Å². The van der Waals surface area contributed by atoms with E-state index in [1.54, 1.807) is 12.1 Å². The number of esters is 2. The van der Waals surface area contributed by atoms with Crippen LogP contribution in [0.25, 0.3) is 0 Å². The molecule has 0 fully saturated rings. The molecule has 0 bridgehead atoms. The van der Waals surface area contributed by atoms with Gasteiger partial charge in [-0.1, -0.05) is 30.4 Å². The molecule has 5 nitrogen and oxygen atoms in total. The Morgan fingerprint density at radius 3 is 2.39 bits per heavy atom. The fourth-order valence-electron chi connectivity index (χ4n) is 4.42. The maximum Gasteiger partial charge on any atom is 0.338 e. The first-order valence-corrected chi connectivity index (χ1v) is 9.38. The van der Waals surface area contributed by atoms with Crippen LogP contribution in [0.3, 0.4) is 0 Å². The smallest absolute Gasteiger partial charge is 0.338 e. The van der Waals surface area contributed by atoms with Crippen LogP contribution >= 0.6 is 0 Å². The second kappa shape index (κ2) is 7.15. The quantitative estimate of drug-likeness (QED) is 0.635. The van der Waals surface area contributed by atoms with Crippen LogP contribution in [0.15, 0.2) is 48.6 Å². The average Bonchev–Trinajstić information content (AvgIpc) is 3.23. The van der Waals surface area contributed by atoms with E-state index < -0.39 is 0 Å². The molecule has 0 saturated heterocycles. The number of hydrogen-bond acceptors (Lipinski definition) is 5. The summed E-state index contributed by atoms with van der Waals surface area (Å²) in [6.07, 6.45) is 5.47. The number of allylic oxidation sites excluding steroid dienone is 2. The van der Waals surface area contributed by atoms with Gasteiger partial charge in [0.05, 0.1) is 31.4 Å². The van der Waals surface area contributed by atoms with Crippen LogP contribution in [0.4, 0.5) is 5.69 Å². The lowest BCUT2D eigenvalue weighted by Crippen LogP contribution is -2.30. The van der Waals surface area contributed by atoms with Gasteiger partial charge in [0.1, 0.15) is 0 Å². The second-order valence-electron chi connectivity index (χ2n) is 7.28. The molecule has 0 radical (unpaired) electrons. The van der Waals surface area contributed by atoms with Crippen LogP contribution in [0.5, 0.6) is 0 Å². The molecule has 2 aromatic carbocycles. The third kappa shape index (κ3) is 2.87. The summed E-state index contributed by atoms with van der Waals surface area (Å²) in [5.74, 6) is 0.0180. The molecule has 2 aromatic rings. The fourth-order valence-corrected chi connectivity index (χ4v) is 4.42. The van der Waals surface area contributed by atoms with Crippen molar-refractivity contribution in [2.24, 2.45) is 5.92 Å². The van der Waals surface area contributed by atoms with Crippen molar-refractivity contribution in [2.75, 3.05) is 19.5 Å². The van der Waals surface area contributed by atoms with Crippen LogP contribution in [0.1, 0.15) is 55.8 Å². The number of benzene rings is 2. The minimum Gasteiger partial charge on any atom is -0.465 e. The van der Waals surface area contributed by atoms with E-state index in [4.69, 9.17) is 9.47 Å². The van der Waals surface area contributed by atoms with E-state index in [-0.39, 0.29) is 18.0 Å². The van der Waals surface area contributed by atoms with E-state index in [0.717, 1.165) is 23.2 Å². The Morgan fingerprint density at radius 2 is 1.71 bits per heavy atom. The van der Waals surface area contributed by atoms with Crippen LogP contribution in [0.2, 0.25) is 0 Å². The Labute approximate surface area is 164 Å². The van der Waals surface area contributed by atoms with Crippen molar-refractivity contribution in [3.05, 3.63) is 76.4 Å². The predicted molar refractivity (Wildman–Crippen MR) is 107 cm³/mol. The first-order valence-electron chi connectivity index (χ1n) is 9.38. The third-order valence-electron chi connectivity index (χ3n) is 5.89. The summed E-state index contributed by atoms with van der Waals surface area (Å²) in [5.41, 5.74) is 5.34. The maximum absolute atomic E-state index is 12.1. The Morgan fingerprint density at radius 1 is 1.00 bits per heavy atom. The molecule has 1 aliphatic carbocycles. The van der Waals surface area contributed by atoms with Crippen molar-refractivity contribution >= 4 is 17.6 Å². The minimum atomic E-state index is -0.340. The van der Waals surface area contributed by atoms with Crippen molar-refractivity contribution in [1.82, 2.24) is 0 Å². The molecule has 1 aliphatic heterocycles. The van der Waals surface area contributed by atoms with Crippen molar-refractivity contribution < 1.29 is 19.1 Å². The van der Waals surface area contributed by atoms with Gasteiger partial charge in [-0.2, -0.15) is 0 Å². The van der Waals surface area contributed by atoms with E-state index in [1.165, 1.54) is 19.8 Å². The normalized spacial score (nSPS) is 22.0. The summed E-state index contributed by atoms with van der Waals surface area (Å²) in [5, 5.41) is 3.67. The van der Waals surface area contributed by atoms with Gasteiger partial charge in [0.15, 0.2) is 0 Å².